The minimum absolute atomic E-state index is 0.103. The van der Waals surface area contributed by atoms with E-state index in [0.717, 1.165) is 6.42 Å². The van der Waals surface area contributed by atoms with Crippen LogP contribution in [-0.4, -0.2) is 21.0 Å². The van der Waals surface area contributed by atoms with Gasteiger partial charge in [-0.25, -0.2) is 0 Å². The number of benzene rings is 1. The van der Waals surface area contributed by atoms with Crippen molar-refractivity contribution in [3.05, 3.63) is 34.9 Å². The summed E-state index contributed by atoms with van der Waals surface area (Å²) in [4.78, 5) is 12.0. The van der Waals surface area contributed by atoms with Gasteiger partial charge in [0.1, 0.15) is 0 Å². The Labute approximate surface area is 103 Å². The van der Waals surface area contributed by atoms with Crippen LogP contribution in [0.5, 0.6) is 0 Å². The van der Waals surface area contributed by atoms with Gasteiger partial charge in [0.05, 0.1) is 5.25 Å². The lowest BCUT2D eigenvalue weighted by Crippen LogP contribution is -2.24. The number of Topliss-reactive ketones (excluding diaryl/α,β-unsaturated/α-hetero) is 1. The van der Waals surface area contributed by atoms with Gasteiger partial charge >= 0.3 is 0 Å². The van der Waals surface area contributed by atoms with E-state index in [0.29, 0.717) is 16.3 Å². The average Bonchev–Trinajstić information content (AvgIpc) is 2.27. The lowest BCUT2D eigenvalue weighted by Gasteiger charge is -2.09. The Morgan fingerprint density at radius 2 is 2.19 bits per heavy atom. The standard InChI is InChI=1S/C12H15ClO2S/c1-3-7-16(15)9(2)12(14)10-5-4-6-11(13)8-10/h4-6,8-9H,3,7H2,1-2H3. The van der Waals surface area contributed by atoms with Crippen molar-refractivity contribution in [1.82, 2.24) is 0 Å². The summed E-state index contributed by atoms with van der Waals surface area (Å²) in [6.07, 6.45) is 0.819. The molecule has 0 aliphatic carbocycles. The highest BCUT2D eigenvalue weighted by Gasteiger charge is 2.20. The molecule has 1 rings (SSSR count). The van der Waals surface area contributed by atoms with Gasteiger partial charge < -0.3 is 0 Å². The summed E-state index contributed by atoms with van der Waals surface area (Å²) in [6.45, 7) is 3.66. The quantitative estimate of drug-likeness (QED) is 0.761. The smallest absolute Gasteiger partial charge is 0.178 e. The maximum atomic E-state index is 12.0. The number of carbonyl (C=O) groups excluding carboxylic acids is 1. The second-order valence-electron chi connectivity index (χ2n) is 3.60. The predicted octanol–water partition coefficient (Wildman–Crippen LogP) is 3.07. The minimum atomic E-state index is -1.09. The van der Waals surface area contributed by atoms with E-state index < -0.39 is 16.0 Å². The van der Waals surface area contributed by atoms with Crippen molar-refractivity contribution >= 4 is 28.2 Å². The monoisotopic (exact) mass is 258 g/mol. The Morgan fingerprint density at radius 3 is 2.75 bits per heavy atom. The number of halogens is 1. The third kappa shape index (κ3) is 3.42. The molecule has 0 fully saturated rings. The Kier molecular flexibility index (Phi) is 5.16. The average molecular weight is 259 g/mol. The largest absolute Gasteiger partial charge is 0.293 e. The van der Waals surface area contributed by atoms with Gasteiger partial charge in [0.15, 0.2) is 5.78 Å². The van der Waals surface area contributed by atoms with Gasteiger partial charge in [0.2, 0.25) is 0 Å². The van der Waals surface area contributed by atoms with E-state index in [9.17, 15) is 9.00 Å². The van der Waals surface area contributed by atoms with E-state index in [2.05, 4.69) is 0 Å². The van der Waals surface area contributed by atoms with E-state index in [1.165, 1.54) is 0 Å². The SMILES string of the molecule is CCCS(=O)C(C)C(=O)c1cccc(Cl)c1. The normalized spacial score (nSPS) is 14.4. The van der Waals surface area contributed by atoms with Gasteiger partial charge in [0.25, 0.3) is 0 Å². The van der Waals surface area contributed by atoms with Crippen molar-refractivity contribution in [3.8, 4) is 0 Å². The lowest BCUT2D eigenvalue weighted by molar-refractivity contribution is 0.0992. The Morgan fingerprint density at radius 1 is 1.50 bits per heavy atom. The molecule has 0 radical (unpaired) electrons. The Bertz CT molecular complexity index is 404. The Balaban J connectivity index is 2.82. The van der Waals surface area contributed by atoms with Crippen molar-refractivity contribution < 1.29 is 9.00 Å². The minimum Gasteiger partial charge on any atom is -0.293 e. The van der Waals surface area contributed by atoms with E-state index in [1.54, 1.807) is 31.2 Å². The van der Waals surface area contributed by atoms with Gasteiger partial charge in [-0.1, -0.05) is 30.7 Å². The van der Waals surface area contributed by atoms with Gasteiger partial charge in [-0.2, -0.15) is 0 Å². The highest BCUT2D eigenvalue weighted by atomic mass is 35.5. The van der Waals surface area contributed by atoms with Crippen LogP contribution >= 0.6 is 11.6 Å². The van der Waals surface area contributed by atoms with Crippen molar-refractivity contribution in [1.29, 1.82) is 0 Å². The molecule has 0 bridgehead atoms. The number of rotatable bonds is 5. The van der Waals surface area contributed by atoms with E-state index >= 15 is 0 Å². The predicted molar refractivity (Wildman–Crippen MR) is 68.5 cm³/mol. The van der Waals surface area contributed by atoms with E-state index in [1.807, 2.05) is 6.92 Å². The molecule has 2 atom stereocenters. The van der Waals surface area contributed by atoms with E-state index in [4.69, 9.17) is 11.6 Å². The van der Waals surface area contributed by atoms with Crippen LogP contribution in [0.15, 0.2) is 24.3 Å². The molecule has 0 saturated carbocycles. The lowest BCUT2D eigenvalue weighted by atomic mass is 10.1. The molecule has 0 heterocycles. The first kappa shape index (κ1) is 13.4. The summed E-state index contributed by atoms with van der Waals surface area (Å²) < 4.78 is 11.7. The molecule has 0 saturated heterocycles. The number of ketones is 1. The fourth-order valence-corrected chi connectivity index (χ4v) is 2.69. The zero-order valence-electron chi connectivity index (χ0n) is 9.40. The van der Waals surface area contributed by atoms with Crippen molar-refractivity contribution in [2.45, 2.75) is 25.5 Å². The second-order valence-corrected chi connectivity index (χ2v) is 5.91. The second kappa shape index (κ2) is 6.16. The molecule has 0 amide bonds. The molecule has 0 aromatic heterocycles. The topological polar surface area (TPSA) is 34.1 Å². The van der Waals surface area contributed by atoms with Crippen molar-refractivity contribution in [2.75, 3.05) is 5.75 Å². The molecule has 1 aromatic rings. The van der Waals surface area contributed by atoms with Gasteiger partial charge in [0, 0.05) is 27.1 Å². The third-order valence-electron chi connectivity index (χ3n) is 2.28. The molecule has 2 unspecified atom stereocenters. The first-order valence-corrected chi connectivity index (χ1v) is 6.99. The molecule has 0 aliphatic heterocycles. The van der Waals surface area contributed by atoms with Crippen LogP contribution in [0, 0.1) is 0 Å². The first-order valence-electron chi connectivity index (χ1n) is 5.23. The third-order valence-corrected chi connectivity index (χ3v) is 4.33. The fourth-order valence-electron chi connectivity index (χ4n) is 1.37. The Hall–Kier alpha value is -0.670. The molecule has 0 aliphatic rings. The first-order chi connectivity index (χ1) is 7.56. The van der Waals surface area contributed by atoms with Crippen LogP contribution in [0.4, 0.5) is 0 Å². The summed E-state index contributed by atoms with van der Waals surface area (Å²) in [5, 5.41) is 0.0674. The molecule has 88 valence electrons. The maximum absolute atomic E-state index is 12.0. The number of hydrogen-bond acceptors (Lipinski definition) is 2. The summed E-state index contributed by atoms with van der Waals surface area (Å²) in [7, 11) is -1.09. The molecule has 16 heavy (non-hydrogen) atoms. The highest BCUT2D eigenvalue weighted by Crippen LogP contribution is 2.14. The zero-order valence-corrected chi connectivity index (χ0v) is 11.0. The van der Waals surface area contributed by atoms with Crippen LogP contribution in [0.1, 0.15) is 30.6 Å². The van der Waals surface area contributed by atoms with Gasteiger partial charge in [-0.15, -0.1) is 0 Å². The summed E-state index contributed by atoms with van der Waals surface area (Å²) in [6, 6.07) is 6.76. The van der Waals surface area contributed by atoms with Crippen molar-refractivity contribution in [2.24, 2.45) is 0 Å². The van der Waals surface area contributed by atoms with Crippen LogP contribution in [0.3, 0.4) is 0 Å². The summed E-state index contributed by atoms with van der Waals surface area (Å²) in [5.41, 5.74) is 0.532. The van der Waals surface area contributed by atoms with Crippen LogP contribution in [-0.2, 0) is 10.8 Å². The summed E-state index contributed by atoms with van der Waals surface area (Å²) >= 11 is 5.81. The molecule has 0 spiro atoms. The van der Waals surface area contributed by atoms with Crippen LogP contribution in [0.2, 0.25) is 5.02 Å². The maximum Gasteiger partial charge on any atom is 0.178 e. The molecular weight excluding hydrogens is 244 g/mol. The molecule has 1 aromatic carbocycles. The highest BCUT2D eigenvalue weighted by molar-refractivity contribution is 7.86. The fraction of sp³-hybridized carbons (Fsp3) is 0.417. The van der Waals surface area contributed by atoms with Crippen LogP contribution < -0.4 is 0 Å². The van der Waals surface area contributed by atoms with Crippen LogP contribution in [0.25, 0.3) is 0 Å². The molecule has 2 nitrogen and oxygen atoms in total. The summed E-state index contributed by atoms with van der Waals surface area (Å²) in [5.74, 6) is 0.460. The van der Waals surface area contributed by atoms with Gasteiger partial charge in [-0.3, -0.25) is 9.00 Å². The number of hydrogen-bond donors (Lipinski definition) is 0. The zero-order chi connectivity index (χ0) is 12.1. The molecular formula is C12H15ClO2S. The molecule has 4 heteroatoms. The van der Waals surface area contributed by atoms with Crippen molar-refractivity contribution in [3.63, 3.8) is 0 Å². The van der Waals surface area contributed by atoms with E-state index in [-0.39, 0.29) is 5.78 Å². The molecule has 0 N–H and O–H groups in total. The van der Waals surface area contributed by atoms with Gasteiger partial charge in [-0.05, 0) is 25.5 Å². The number of carbonyl (C=O) groups is 1.